The first-order valence-corrected chi connectivity index (χ1v) is 12.8. The van der Waals surface area contributed by atoms with Gasteiger partial charge in [-0.25, -0.2) is 0 Å². The van der Waals surface area contributed by atoms with Crippen LogP contribution in [0.1, 0.15) is 60.3 Å². The van der Waals surface area contributed by atoms with Gasteiger partial charge in [0.25, 0.3) is 0 Å². The Balaban J connectivity index is 2.26. The predicted molar refractivity (Wildman–Crippen MR) is 140 cm³/mol. The molecule has 0 aliphatic heterocycles. The topological polar surface area (TPSA) is 121 Å². The lowest BCUT2D eigenvalue weighted by Crippen LogP contribution is -2.54. The molecule has 1 aromatic carbocycles. The summed E-state index contributed by atoms with van der Waals surface area (Å²) in [7, 11) is 3.11. The number of aromatic nitrogens is 4. The van der Waals surface area contributed by atoms with Gasteiger partial charge in [-0.15, -0.1) is 10.2 Å². The molecule has 11 nitrogen and oxygen atoms in total. The highest BCUT2D eigenvalue weighted by atomic mass is 16.5. The van der Waals surface area contributed by atoms with Crippen LogP contribution in [0.15, 0.2) is 18.2 Å². The maximum atomic E-state index is 13.5. The van der Waals surface area contributed by atoms with Gasteiger partial charge >= 0.3 is 0 Å². The minimum atomic E-state index is -0.595. The Morgan fingerprint density at radius 3 is 2.46 bits per heavy atom. The average Bonchev–Trinajstić information content (AvgIpc) is 3.32. The molecule has 0 bridgehead atoms. The number of hydrogen-bond donors (Lipinski definition) is 1. The van der Waals surface area contributed by atoms with E-state index in [0.717, 1.165) is 12.8 Å². The Bertz CT molecular complexity index is 1000. The fraction of sp³-hybridized carbons (Fsp3) is 0.654. The molecule has 0 aliphatic carbocycles. The second-order valence-corrected chi connectivity index (χ2v) is 9.75. The van der Waals surface area contributed by atoms with Gasteiger partial charge in [-0.3, -0.25) is 9.59 Å². The molecule has 11 heteroatoms. The summed E-state index contributed by atoms with van der Waals surface area (Å²) in [6.07, 6.45) is 2.93. The Morgan fingerprint density at radius 2 is 1.84 bits per heavy atom. The molecule has 0 saturated heterocycles. The number of benzene rings is 1. The van der Waals surface area contributed by atoms with Crippen molar-refractivity contribution in [3.05, 3.63) is 18.2 Å². The Kier molecular flexibility index (Phi) is 11.8. The monoisotopic (exact) mass is 518 g/mol. The van der Waals surface area contributed by atoms with Crippen molar-refractivity contribution >= 4 is 11.8 Å². The number of unbranched alkanes of at least 4 members (excludes halogenated alkanes) is 1. The highest BCUT2D eigenvalue weighted by molar-refractivity contribution is 5.88. The van der Waals surface area contributed by atoms with E-state index in [2.05, 4.69) is 27.7 Å². The number of amides is 2. The number of nitrogens with zero attached hydrogens (tertiary/aromatic N) is 5. The summed E-state index contributed by atoms with van der Waals surface area (Å²) in [4.78, 5) is 29.7. The van der Waals surface area contributed by atoms with E-state index in [-0.39, 0.29) is 18.4 Å². The number of tetrazole rings is 1. The van der Waals surface area contributed by atoms with E-state index in [1.165, 1.54) is 4.80 Å². The molecule has 1 heterocycles. The van der Waals surface area contributed by atoms with Gasteiger partial charge in [-0.05, 0) is 63.9 Å². The standard InChI is InChI=1S/C26H42N6O5/c1-8-10-12-20(25(34)27-26(3,4)5)31(15-11-16-37-9-2)23(33)18-32-29-24(28-30-32)19-13-14-21(35-6)22(17-19)36-7/h13-14,17,20H,8-12,15-16,18H2,1-7H3,(H,27,34). The van der Waals surface area contributed by atoms with Gasteiger partial charge in [0.15, 0.2) is 11.5 Å². The number of carbonyl (C=O) groups is 2. The molecule has 2 amide bonds. The molecule has 37 heavy (non-hydrogen) atoms. The molecule has 1 N–H and O–H groups in total. The van der Waals surface area contributed by atoms with Crippen LogP contribution in [0.5, 0.6) is 11.5 Å². The number of ether oxygens (including phenoxy) is 3. The smallest absolute Gasteiger partial charge is 0.246 e. The molecule has 0 aliphatic rings. The van der Waals surface area contributed by atoms with Gasteiger partial charge in [-0.1, -0.05) is 19.8 Å². The average molecular weight is 519 g/mol. The maximum absolute atomic E-state index is 13.5. The van der Waals surface area contributed by atoms with E-state index < -0.39 is 11.6 Å². The summed E-state index contributed by atoms with van der Waals surface area (Å²) in [6, 6.07) is 4.70. The molecular weight excluding hydrogens is 476 g/mol. The van der Waals surface area contributed by atoms with Crippen LogP contribution < -0.4 is 14.8 Å². The van der Waals surface area contributed by atoms with Crippen molar-refractivity contribution in [2.24, 2.45) is 0 Å². The zero-order chi connectivity index (χ0) is 27.4. The number of rotatable bonds is 15. The van der Waals surface area contributed by atoms with E-state index in [1.54, 1.807) is 37.3 Å². The Labute approximate surface area is 219 Å². The van der Waals surface area contributed by atoms with Crippen molar-refractivity contribution < 1.29 is 23.8 Å². The van der Waals surface area contributed by atoms with Crippen LogP contribution in [0.3, 0.4) is 0 Å². The number of methoxy groups -OCH3 is 2. The summed E-state index contributed by atoms with van der Waals surface area (Å²) < 4.78 is 16.1. The molecule has 2 aromatic rings. The van der Waals surface area contributed by atoms with Crippen molar-refractivity contribution in [1.29, 1.82) is 0 Å². The first-order chi connectivity index (χ1) is 17.6. The fourth-order valence-corrected chi connectivity index (χ4v) is 3.83. The Morgan fingerprint density at radius 1 is 1.11 bits per heavy atom. The lowest BCUT2D eigenvalue weighted by molar-refractivity contribution is -0.142. The molecule has 0 spiro atoms. The van der Waals surface area contributed by atoms with Crippen LogP contribution in [-0.4, -0.2) is 82.5 Å². The highest BCUT2D eigenvalue weighted by Crippen LogP contribution is 2.30. The molecule has 1 atom stereocenters. The van der Waals surface area contributed by atoms with Crippen molar-refractivity contribution in [3.8, 4) is 22.9 Å². The van der Waals surface area contributed by atoms with Crippen LogP contribution in [0.2, 0.25) is 0 Å². The van der Waals surface area contributed by atoms with Crippen molar-refractivity contribution in [1.82, 2.24) is 30.4 Å². The van der Waals surface area contributed by atoms with Gasteiger partial charge < -0.3 is 24.4 Å². The molecule has 0 saturated carbocycles. The van der Waals surface area contributed by atoms with Gasteiger partial charge in [-0.2, -0.15) is 4.80 Å². The lowest BCUT2D eigenvalue weighted by atomic mass is 10.0. The summed E-state index contributed by atoms with van der Waals surface area (Å²) in [5.41, 5.74) is 0.263. The first kappa shape index (κ1) is 30.0. The van der Waals surface area contributed by atoms with Gasteiger partial charge in [0.05, 0.1) is 14.2 Å². The highest BCUT2D eigenvalue weighted by Gasteiger charge is 2.31. The SMILES string of the molecule is CCCCC(C(=O)NC(C)(C)C)N(CCCOCC)C(=O)Cn1nnc(-c2ccc(OC)c(OC)c2)n1. The predicted octanol–water partition coefficient (Wildman–Crippen LogP) is 3.09. The normalized spacial score (nSPS) is 12.2. The lowest BCUT2D eigenvalue weighted by Gasteiger charge is -2.33. The fourth-order valence-electron chi connectivity index (χ4n) is 3.83. The maximum Gasteiger partial charge on any atom is 0.246 e. The van der Waals surface area contributed by atoms with Crippen LogP contribution in [0, 0.1) is 0 Å². The third kappa shape index (κ3) is 9.31. The summed E-state index contributed by atoms with van der Waals surface area (Å²) in [5.74, 6) is 1.06. The van der Waals surface area contributed by atoms with E-state index in [4.69, 9.17) is 14.2 Å². The van der Waals surface area contributed by atoms with Gasteiger partial charge in [0, 0.05) is 30.9 Å². The number of carbonyl (C=O) groups excluding carboxylic acids is 2. The molecule has 0 fully saturated rings. The van der Waals surface area contributed by atoms with Crippen LogP contribution in [0.4, 0.5) is 0 Å². The molecule has 2 rings (SSSR count). The third-order valence-electron chi connectivity index (χ3n) is 5.59. The second-order valence-electron chi connectivity index (χ2n) is 9.75. The van der Waals surface area contributed by atoms with E-state index in [9.17, 15) is 9.59 Å². The zero-order valence-corrected chi connectivity index (χ0v) is 23.2. The Hall–Kier alpha value is -3.21. The second kappa shape index (κ2) is 14.5. The van der Waals surface area contributed by atoms with Crippen LogP contribution in [-0.2, 0) is 20.9 Å². The van der Waals surface area contributed by atoms with Gasteiger partial charge in [0.1, 0.15) is 12.6 Å². The van der Waals surface area contributed by atoms with Gasteiger partial charge in [0.2, 0.25) is 17.6 Å². The number of nitrogens with one attached hydrogen (secondary N) is 1. The summed E-state index contributed by atoms with van der Waals surface area (Å²) in [6.45, 7) is 11.1. The molecular formula is C26H42N6O5. The van der Waals surface area contributed by atoms with E-state index >= 15 is 0 Å². The van der Waals surface area contributed by atoms with Crippen molar-refractivity contribution in [2.75, 3.05) is 34.0 Å². The van der Waals surface area contributed by atoms with Crippen molar-refractivity contribution in [2.45, 2.75) is 78.4 Å². The summed E-state index contributed by atoms with van der Waals surface area (Å²) >= 11 is 0. The minimum Gasteiger partial charge on any atom is -0.493 e. The van der Waals surface area contributed by atoms with E-state index in [1.807, 2.05) is 27.7 Å². The van der Waals surface area contributed by atoms with Crippen LogP contribution in [0.25, 0.3) is 11.4 Å². The quantitative estimate of drug-likeness (QED) is 0.357. The first-order valence-electron chi connectivity index (χ1n) is 12.8. The summed E-state index contributed by atoms with van der Waals surface area (Å²) in [5, 5.41) is 15.6. The third-order valence-corrected chi connectivity index (χ3v) is 5.59. The molecule has 1 unspecified atom stereocenters. The van der Waals surface area contributed by atoms with Crippen molar-refractivity contribution in [3.63, 3.8) is 0 Å². The molecule has 0 radical (unpaired) electrons. The molecule has 206 valence electrons. The zero-order valence-electron chi connectivity index (χ0n) is 23.2. The minimum absolute atomic E-state index is 0.139. The molecule has 1 aromatic heterocycles. The number of hydrogen-bond acceptors (Lipinski definition) is 8. The van der Waals surface area contributed by atoms with E-state index in [0.29, 0.717) is 55.5 Å². The largest absolute Gasteiger partial charge is 0.493 e. The van der Waals surface area contributed by atoms with Crippen LogP contribution >= 0.6 is 0 Å².